The molecule has 1 aliphatic rings. The second-order valence-corrected chi connectivity index (χ2v) is 4.68. The molecule has 1 aromatic heterocycles. The Labute approximate surface area is 101 Å². The van der Waals surface area contributed by atoms with Crippen molar-refractivity contribution in [2.45, 2.75) is 27.2 Å². The monoisotopic (exact) mass is 227 g/mol. The molecular weight excluding hydrogens is 210 g/mol. The standard InChI is InChI=1S/C14H17N3/c1-9-10(2)17(11(3)16-9)13-4-5-14-12(8-13)6-7-15-14/h4-5,8,15H,6-7H2,1-3H3. The van der Waals surface area contributed by atoms with Gasteiger partial charge in [0.2, 0.25) is 0 Å². The molecule has 88 valence electrons. The quantitative estimate of drug-likeness (QED) is 0.812. The highest BCUT2D eigenvalue weighted by Crippen LogP contribution is 2.26. The van der Waals surface area contributed by atoms with Gasteiger partial charge in [0, 0.05) is 23.6 Å². The lowest BCUT2D eigenvalue weighted by molar-refractivity contribution is 0.938. The minimum atomic E-state index is 1.06. The summed E-state index contributed by atoms with van der Waals surface area (Å²) in [5.74, 6) is 1.06. The SMILES string of the molecule is Cc1nc(C)n(-c2ccc3c(c2)CCN3)c1C. The normalized spacial score (nSPS) is 13.6. The van der Waals surface area contributed by atoms with Gasteiger partial charge in [0.05, 0.1) is 5.69 Å². The van der Waals surface area contributed by atoms with Gasteiger partial charge in [0.15, 0.2) is 0 Å². The smallest absolute Gasteiger partial charge is 0.110 e. The first-order valence-corrected chi connectivity index (χ1v) is 6.06. The summed E-state index contributed by atoms with van der Waals surface area (Å²) in [6, 6.07) is 6.61. The molecule has 0 saturated heterocycles. The number of benzene rings is 1. The third-order valence-electron chi connectivity index (χ3n) is 3.57. The molecule has 0 aliphatic carbocycles. The lowest BCUT2D eigenvalue weighted by atomic mass is 10.1. The zero-order valence-corrected chi connectivity index (χ0v) is 10.5. The van der Waals surface area contributed by atoms with E-state index < -0.39 is 0 Å². The van der Waals surface area contributed by atoms with Crippen molar-refractivity contribution < 1.29 is 0 Å². The van der Waals surface area contributed by atoms with Crippen LogP contribution in [0.3, 0.4) is 0 Å². The second kappa shape index (κ2) is 3.62. The van der Waals surface area contributed by atoms with Crippen LogP contribution in [0.25, 0.3) is 5.69 Å². The van der Waals surface area contributed by atoms with Crippen LogP contribution in [-0.2, 0) is 6.42 Å². The fourth-order valence-corrected chi connectivity index (χ4v) is 2.59. The molecule has 1 N–H and O–H groups in total. The first-order chi connectivity index (χ1) is 8.16. The lowest BCUT2D eigenvalue weighted by Crippen LogP contribution is -2.00. The van der Waals surface area contributed by atoms with Crippen LogP contribution in [0.15, 0.2) is 18.2 Å². The summed E-state index contributed by atoms with van der Waals surface area (Å²) in [7, 11) is 0. The predicted octanol–water partition coefficient (Wildman–Crippen LogP) is 2.77. The van der Waals surface area contributed by atoms with E-state index in [1.54, 1.807) is 0 Å². The number of imidazole rings is 1. The molecule has 3 heteroatoms. The van der Waals surface area contributed by atoms with E-state index in [4.69, 9.17) is 0 Å². The summed E-state index contributed by atoms with van der Waals surface area (Å²) >= 11 is 0. The van der Waals surface area contributed by atoms with Gasteiger partial charge in [-0.15, -0.1) is 0 Å². The summed E-state index contributed by atoms with van der Waals surface area (Å²) < 4.78 is 2.23. The van der Waals surface area contributed by atoms with Crippen LogP contribution < -0.4 is 5.32 Å². The minimum Gasteiger partial charge on any atom is -0.384 e. The fraction of sp³-hybridized carbons (Fsp3) is 0.357. The van der Waals surface area contributed by atoms with E-state index in [1.807, 2.05) is 0 Å². The van der Waals surface area contributed by atoms with Gasteiger partial charge in [-0.3, -0.25) is 0 Å². The van der Waals surface area contributed by atoms with Crippen molar-refractivity contribution in [2.75, 3.05) is 11.9 Å². The molecule has 1 aromatic carbocycles. The summed E-state index contributed by atoms with van der Waals surface area (Å²) in [5.41, 5.74) is 6.26. The van der Waals surface area contributed by atoms with Gasteiger partial charge in [0.25, 0.3) is 0 Å². The predicted molar refractivity (Wildman–Crippen MR) is 70.0 cm³/mol. The van der Waals surface area contributed by atoms with Gasteiger partial charge in [-0.1, -0.05) is 0 Å². The third kappa shape index (κ3) is 1.54. The third-order valence-corrected chi connectivity index (χ3v) is 3.57. The Morgan fingerprint density at radius 3 is 2.76 bits per heavy atom. The summed E-state index contributed by atoms with van der Waals surface area (Å²) in [4.78, 5) is 4.53. The first-order valence-electron chi connectivity index (χ1n) is 6.06. The van der Waals surface area contributed by atoms with E-state index in [1.165, 1.54) is 22.6 Å². The number of hydrogen-bond donors (Lipinski definition) is 1. The molecule has 0 atom stereocenters. The highest BCUT2D eigenvalue weighted by Gasteiger charge is 2.13. The Morgan fingerprint density at radius 1 is 1.24 bits per heavy atom. The highest BCUT2D eigenvalue weighted by molar-refractivity contribution is 5.59. The molecule has 0 spiro atoms. The number of aryl methyl sites for hydroxylation is 2. The number of nitrogens with zero attached hydrogens (tertiary/aromatic N) is 2. The Hall–Kier alpha value is -1.77. The summed E-state index contributed by atoms with van der Waals surface area (Å²) in [6.07, 6.45) is 1.12. The average Bonchev–Trinajstić information content (AvgIpc) is 2.84. The van der Waals surface area contributed by atoms with E-state index in [2.05, 4.69) is 53.8 Å². The van der Waals surface area contributed by atoms with Crippen LogP contribution in [-0.4, -0.2) is 16.1 Å². The molecule has 17 heavy (non-hydrogen) atoms. The van der Waals surface area contributed by atoms with E-state index in [9.17, 15) is 0 Å². The largest absolute Gasteiger partial charge is 0.384 e. The lowest BCUT2D eigenvalue weighted by Gasteiger charge is -2.10. The van der Waals surface area contributed by atoms with E-state index >= 15 is 0 Å². The molecule has 0 amide bonds. The Balaban J connectivity index is 2.15. The van der Waals surface area contributed by atoms with E-state index in [-0.39, 0.29) is 0 Å². The zero-order valence-electron chi connectivity index (χ0n) is 10.5. The van der Waals surface area contributed by atoms with Crippen LogP contribution >= 0.6 is 0 Å². The van der Waals surface area contributed by atoms with Crippen LogP contribution in [0.2, 0.25) is 0 Å². The first kappa shape index (κ1) is 10.4. The van der Waals surface area contributed by atoms with Crippen LogP contribution in [0.5, 0.6) is 0 Å². The average molecular weight is 227 g/mol. The number of hydrogen-bond acceptors (Lipinski definition) is 2. The molecule has 2 heterocycles. The highest BCUT2D eigenvalue weighted by atomic mass is 15.1. The Kier molecular flexibility index (Phi) is 2.21. The number of nitrogens with one attached hydrogen (secondary N) is 1. The Morgan fingerprint density at radius 2 is 2.06 bits per heavy atom. The number of aromatic nitrogens is 2. The minimum absolute atomic E-state index is 1.06. The van der Waals surface area contributed by atoms with E-state index in [0.29, 0.717) is 0 Å². The zero-order chi connectivity index (χ0) is 12.0. The van der Waals surface area contributed by atoms with Crippen LogP contribution in [0, 0.1) is 20.8 Å². The molecular formula is C14H17N3. The van der Waals surface area contributed by atoms with Gasteiger partial charge < -0.3 is 9.88 Å². The number of fused-ring (bicyclic) bond motifs is 1. The molecule has 0 saturated carbocycles. The molecule has 3 rings (SSSR count). The number of anilines is 1. The van der Waals surface area contributed by atoms with Gasteiger partial charge in [0.1, 0.15) is 5.82 Å². The van der Waals surface area contributed by atoms with Crippen molar-refractivity contribution in [1.82, 2.24) is 9.55 Å². The van der Waals surface area contributed by atoms with Gasteiger partial charge in [-0.2, -0.15) is 0 Å². The molecule has 0 fully saturated rings. The van der Waals surface area contributed by atoms with Gasteiger partial charge in [-0.25, -0.2) is 4.98 Å². The Bertz CT molecular complexity index is 581. The fourth-order valence-electron chi connectivity index (χ4n) is 2.59. The molecule has 0 radical (unpaired) electrons. The molecule has 1 aliphatic heterocycles. The summed E-state index contributed by atoms with van der Waals surface area (Å²) in [5, 5.41) is 3.39. The second-order valence-electron chi connectivity index (χ2n) is 4.68. The van der Waals surface area contributed by atoms with Gasteiger partial charge >= 0.3 is 0 Å². The molecule has 0 bridgehead atoms. The maximum atomic E-state index is 4.53. The maximum absolute atomic E-state index is 4.53. The van der Waals surface area contributed by atoms with E-state index in [0.717, 1.165) is 24.5 Å². The van der Waals surface area contributed by atoms with Crippen molar-refractivity contribution in [3.63, 3.8) is 0 Å². The van der Waals surface area contributed by atoms with Crippen LogP contribution in [0.4, 0.5) is 5.69 Å². The summed E-state index contributed by atoms with van der Waals surface area (Å²) in [6.45, 7) is 7.31. The molecule has 0 unspecified atom stereocenters. The molecule has 3 nitrogen and oxygen atoms in total. The van der Waals surface area contributed by atoms with Crippen molar-refractivity contribution >= 4 is 5.69 Å². The van der Waals surface area contributed by atoms with Crippen LogP contribution in [0.1, 0.15) is 22.8 Å². The van der Waals surface area contributed by atoms with Crippen molar-refractivity contribution in [1.29, 1.82) is 0 Å². The van der Waals surface area contributed by atoms with Crippen molar-refractivity contribution in [3.8, 4) is 5.69 Å². The number of rotatable bonds is 1. The van der Waals surface area contributed by atoms with Gasteiger partial charge in [-0.05, 0) is 51.0 Å². The van der Waals surface area contributed by atoms with Crippen molar-refractivity contribution in [3.05, 3.63) is 41.0 Å². The maximum Gasteiger partial charge on any atom is 0.110 e. The molecule has 2 aromatic rings. The topological polar surface area (TPSA) is 29.9 Å². The van der Waals surface area contributed by atoms with Crippen molar-refractivity contribution in [2.24, 2.45) is 0 Å².